The number of nitrogens with two attached hydrogens (primary N) is 1. The molecule has 1 aliphatic heterocycles. The van der Waals surface area contributed by atoms with Gasteiger partial charge in [0.05, 0.1) is 11.0 Å². The molecule has 1 aromatic carbocycles. The van der Waals surface area contributed by atoms with Crippen LogP contribution in [0.4, 0.5) is 11.4 Å². The molecular weight excluding hydrogens is 298 g/mol. The second kappa shape index (κ2) is 5.96. The minimum atomic E-state index is -3.96. The Labute approximate surface area is 122 Å². The average molecular weight is 315 g/mol. The zero-order valence-corrected chi connectivity index (χ0v) is 12.4. The van der Waals surface area contributed by atoms with Gasteiger partial charge in [0.2, 0.25) is 10.0 Å². The Morgan fingerprint density at radius 2 is 2.24 bits per heavy atom. The van der Waals surface area contributed by atoms with Gasteiger partial charge in [-0.2, -0.15) is 4.31 Å². The largest absolute Gasteiger partial charge is 0.399 e. The normalized spacial score (nSPS) is 19.0. The fraction of sp³-hybridized carbons (Fsp3) is 0.500. The third kappa shape index (κ3) is 3.31. The molecule has 1 fully saturated rings. The molecule has 2 rings (SSSR count). The van der Waals surface area contributed by atoms with E-state index in [0.29, 0.717) is 6.61 Å². The van der Waals surface area contributed by atoms with Crippen LogP contribution in [0.15, 0.2) is 23.1 Å². The van der Waals surface area contributed by atoms with Crippen molar-refractivity contribution in [1.29, 1.82) is 0 Å². The van der Waals surface area contributed by atoms with Crippen LogP contribution in [0, 0.1) is 10.1 Å². The Morgan fingerprint density at radius 1 is 1.52 bits per heavy atom. The van der Waals surface area contributed by atoms with Crippen molar-refractivity contribution >= 4 is 21.4 Å². The lowest BCUT2D eigenvalue weighted by Gasteiger charge is -2.20. The summed E-state index contributed by atoms with van der Waals surface area (Å²) in [6.07, 6.45) is 1.50. The fourth-order valence-corrected chi connectivity index (χ4v) is 3.57. The predicted octanol–water partition coefficient (Wildman–Crippen LogP) is 0.976. The quantitative estimate of drug-likeness (QED) is 0.492. The number of hydrogen-bond acceptors (Lipinski definition) is 6. The average Bonchev–Trinajstić information content (AvgIpc) is 2.91. The molecule has 0 aliphatic carbocycles. The maximum Gasteiger partial charge on any atom is 0.291 e. The van der Waals surface area contributed by atoms with E-state index in [0.717, 1.165) is 29.3 Å². The molecule has 8 nitrogen and oxygen atoms in total. The van der Waals surface area contributed by atoms with Gasteiger partial charge in [0, 0.05) is 32.0 Å². The lowest BCUT2D eigenvalue weighted by molar-refractivity contribution is -0.387. The highest BCUT2D eigenvalue weighted by atomic mass is 32.2. The number of nitro benzene ring substituents is 1. The second-order valence-corrected chi connectivity index (χ2v) is 6.92. The van der Waals surface area contributed by atoms with Crippen LogP contribution in [-0.2, 0) is 14.8 Å². The van der Waals surface area contributed by atoms with Crippen LogP contribution >= 0.6 is 0 Å². The summed E-state index contributed by atoms with van der Waals surface area (Å²) in [6, 6.07) is 3.54. The summed E-state index contributed by atoms with van der Waals surface area (Å²) in [5, 5.41) is 11.0. The van der Waals surface area contributed by atoms with Gasteiger partial charge in [0.1, 0.15) is 0 Å². The first-order valence-corrected chi connectivity index (χ1v) is 7.88. The SMILES string of the molecule is CN(CC1CCCO1)S(=O)(=O)c1ccc(N)cc1[N+](=O)[O-]. The molecule has 0 bridgehead atoms. The number of likely N-dealkylation sites (N-methyl/N-ethyl adjacent to an activating group) is 1. The Kier molecular flexibility index (Phi) is 4.45. The maximum atomic E-state index is 12.5. The van der Waals surface area contributed by atoms with E-state index >= 15 is 0 Å². The summed E-state index contributed by atoms with van der Waals surface area (Å²) < 4.78 is 31.4. The first-order chi connectivity index (χ1) is 9.82. The number of nitro groups is 1. The summed E-state index contributed by atoms with van der Waals surface area (Å²) in [4.78, 5) is 9.92. The van der Waals surface area contributed by atoms with Gasteiger partial charge in [0.15, 0.2) is 4.90 Å². The third-order valence-corrected chi connectivity index (χ3v) is 5.22. The Hall–Kier alpha value is -1.71. The van der Waals surface area contributed by atoms with Crippen LogP contribution in [0.25, 0.3) is 0 Å². The highest BCUT2D eigenvalue weighted by Crippen LogP contribution is 2.28. The first kappa shape index (κ1) is 15.7. The van der Waals surface area contributed by atoms with Gasteiger partial charge >= 0.3 is 0 Å². The predicted molar refractivity (Wildman–Crippen MR) is 76.3 cm³/mol. The van der Waals surface area contributed by atoms with E-state index in [1.165, 1.54) is 13.1 Å². The molecule has 0 radical (unpaired) electrons. The van der Waals surface area contributed by atoms with Crippen molar-refractivity contribution in [2.45, 2.75) is 23.8 Å². The molecule has 0 spiro atoms. The minimum absolute atomic E-state index is 0.141. The van der Waals surface area contributed by atoms with E-state index in [1.54, 1.807) is 0 Å². The molecule has 2 N–H and O–H groups in total. The van der Waals surface area contributed by atoms with E-state index in [-0.39, 0.29) is 23.2 Å². The standard InChI is InChI=1S/C12H17N3O5S/c1-14(8-10-3-2-6-20-10)21(18,19)12-5-4-9(13)7-11(12)15(16)17/h4-5,7,10H,2-3,6,8,13H2,1H3. The molecular formula is C12H17N3O5S. The molecule has 21 heavy (non-hydrogen) atoms. The van der Waals surface area contributed by atoms with Crippen LogP contribution < -0.4 is 5.73 Å². The molecule has 0 amide bonds. The maximum absolute atomic E-state index is 12.5. The summed E-state index contributed by atoms with van der Waals surface area (Å²) in [5.41, 5.74) is 5.11. The summed E-state index contributed by atoms with van der Waals surface area (Å²) >= 11 is 0. The molecule has 1 aliphatic rings. The van der Waals surface area contributed by atoms with E-state index < -0.39 is 20.6 Å². The zero-order chi connectivity index (χ0) is 15.6. The van der Waals surface area contributed by atoms with Crippen molar-refractivity contribution in [2.75, 3.05) is 25.9 Å². The first-order valence-electron chi connectivity index (χ1n) is 6.44. The number of rotatable bonds is 5. The summed E-state index contributed by atoms with van der Waals surface area (Å²) in [6.45, 7) is 0.782. The molecule has 1 unspecified atom stereocenters. The molecule has 1 atom stereocenters. The van der Waals surface area contributed by atoms with E-state index in [1.807, 2.05) is 0 Å². The van der Waals surface area contributed by atoms with Crippen molar-refractivity contribution < 1.29 is 18.1 Å². The minimum Gasteiger partial charge on any atom is -0.399 e. The summed E-state index contributed by atoms with van der Waals surface area (Å²) in [7, 11) is -2.58. The van der Waals surface area contributed by atoms with Gasteiger partial charge < -0.3 is 10.5 Å². The highest BCUT2D eigenvalue weighted by Gasteiger charge is 2.31. The number of nitrogens with zero attached hydrogens (tertiary/aromatic N) is 2. The van der Waals surface area contributed by atoms with Gasteiger partial charge in [-0.25, -0.2) is 8.42 Å². The number of hydrogen-bond donors (Lipinski definition) is 1. The van der Waals surface area contributed by atoms with Crippen molar-refractivity contribution in [3.63, 3.8) is 0 Å². The second-order valence-electron chi connectivity index (χ2n) is 4.90. The van der Waals surface area contributed by atoms with E-state index in [9.17, 15) is 18.5 Å². The zero-order valence-electron chi connectivity index (χ0n) is 11.6. The molecule has 116 valence electrons. The van der Waals surface area contributed by atoms with Gasteiger partial charge in [0.25, 0.3) is 5.69 Å². The van der Waals surface area contributed by atoms with Crippen LogP contribution in [0.1, 0.15) is 12.8 Å². The Balaban J connectivity index is 2.32. The van der Waals surface area contributed by atoms with Crippen molar-refractivity contribution in [1.82, 2.24) is 4.31 Å². The third-order valence-electron chi connectivity index (χ3n) is 3.35. The molecule has 0 saturated carbocycles. The monoisotopic (exact) mass is 315 g/mol. The van der Waals surface area contributed by atoms with Crippen molar-refractivity contribution in [2.24, 2.45) is 0 Å². The number of sulfonamides is 1. The highest BCUT2D eigenvalue weighted by molar-refractivity contribution is 7.89. The van der Waals surface area contributed by atoms with Crippen molar-refractivity contribution in [3.8, 4) is 0 Å². The fourth-order valence-electron chi connectivity index (χ4n) is 2.24. The van der Waals surface area contributed by atoms with Gasteiger partial charge in [-0.1, -0.05) is 0 Å². The van der Waals surface area contributed by atoms with Crippen molar-refractivity contribution in [3.05, 3.63) is 28.3 Å². The number of ether oxygens (including phenoxy) is 1. The van der Waals surface area contributed by atoms with Gasteiger partial charge in [-0.15, -0.1) is 0 Å². The smallest absolute Gasteiger partial charge is 0.291 e. The molecule has 1 aromatic rings. The molecule has 1 heterocycles. The van der Waals surface area contributed by atoms with Gasteiger partial charge in [-0.05, 0) is 25.0 Å². The number of anilines is 1. The lowest BCUT2D eigenvalue weighted by atomic mass is 10.2. The number of benzene rings is 1. The molecule has 1 saturated heterocycles. The topological polar surface area (TPSA) is 116 Å². The van der Waals surface area contributed by atoms with Crippen LogP contribution in [-0.4, -0.2) is 43.9 Å². The molecule has 9 heteroatoms. The number of nitrogen functional groups attached to an aromatic ring is 1. The Morgan fingerprint density at radius 3 is 2.81 bits per heavy atom. The van der Waals surface area contributed by atoms with Crippen LogP contribution in [0.3, 0.4) is 0 Å². The molecule has 0 aromatic heterocycles. The van der Waals surface area contributed by atoms with Gasteiger partial charge in [-0.3, -0.25) is 10.1 Å². The van der Waals surface area contributed by atoms with E-state index in [4.69, 9.17) is 10.5 Å². The Bertz CT molecular complexity index is 640. The summed E-state index contributed by atoms with van der Waals surface area (Å²) in [5.74, 6) is 0. The van der Waals surface area contributed by atoms with Crippen LogP contribution in [0.2, 0.25) is 0 Å². The van der Waals surface area contributed by atoms with Crippen LogP contribution in [0.5, 0.6) is 0 Å². The van der Waals surface area contributed by atoms with E-state index in [2.05, 4.69) is 0 Å². The lowest BCUT2D eigenvalue weighted by Crippen LogP contribution is -2.34.